The maximum absolute atomic E-state index is 12.7. The maximum atomic E-state index is 12.7. The predicted octanol–water partition coefficient (Wildman–Crippen LogP) is 4.53. The van der Waals surface area contributed by atoms with Crippen LogP contribution in [0.15, 0.2) is 42.5 Å². The molecule has 0 unspecified atom stereocenters. The third-order valence-corrected chi connectivity index (χ3v) is 4.70. The van der Waals surface area contributed by atoms with Gasteiger partial charge in [-0.05, 0) is 57.2 Å². The van der Waals surface area contributed by atoms with E-state index in [0.717, 1.165) is 17.1 Å². The van der Waals surface area contributed by atoms with Crippen molar-refractivity contribution in [2.45, 2.75) is 44.9 Å². The molecule has 27 heavy (non-hydrogen) atoms. The largest absolute Gasteiger partial charge is 0.497 e. The number of amides is 1. The average Bonchev–Trinajstić information content (AvgIpc) is 2.60. The van der Waals surface area contributed by atoms with E-state index in [0.29, 0.717) is 17.2 Å². The molecule has 0 fully saturated rings. The van der Waals surface area contributed by atoms with Gasteiger partial charge >= 0.3 is 0 Å². The number of benzene rings is 2. The first kappa shape index (κ1) is 19.4. The van der Waals surface area contributed by atoms with E-state index in [-0.39, 0.29) is 11.9 Å². The first-order chi connectivity index (χ1) is 12.8. The molecule has 0 aliphatic carbocycles. The van der Waals surface area contributed by atoms with E-state index < -0.39 is 11.7 Å². The lowest BCUT2D eigenvalue weighted by molar-refractivity contribution is -0.128. The maximum Gasteiger partial charge on any atom is 0.261 e. The quantitative estimate of drug-likeness (QED) is 0.815. The zero-order valence-corrected chi connectivity index (χ0v) is 16.7. The number of carbonyl (C=O) groups excluding carboxylic acids is 1. The number of fused-ring (bicyclic) bond motifs is 1. The Balaban J connectivity index is 1.76. The minimum atomic E-state index is -0.663. The van der Waals surface area contributed by atoms with Gasteiger partial charge in [-0.2, -0.15) is 0 Å². The first-order valence-electron chi connectivity index (χ1n) is 8.87. The zero-order valence-electron chi connectivity index (χ0n) is 15.9. The van der Waals surface area contributed by atoms with Gasteiger partial charge in [-0.15, -0.1) is 0 Å². The normalized spacial score (nSPS) is 18.6. The van der Waals surface area contributed by atoms with E-state index in [4.69, 9.17) is 25.8 Å². The van der Waals surface area contributed by atoms with E-state index in [2.05, 4.69) is 5.32 Å². The van der Waals surface area contributed by atoms with Crippen molar-refractivity contribution in [3.63, 3.8) is 0 Å². The Morgan fingerprint density at radius 3 is 2.74 bits per heavy atom. The summed E-state index contributed by atoms with van der Waals surface area (Å²) < 4.78 is 17.1. The SMILES string of the molecule is COc1ccc2c(c1)[C@@H](NC(=O)[C@@H](C)Oc1cccc(Cl)c1)CC(C)(C)O2. The van der Waals surface area contributed by atoms with Crippen LogP contribution in [-0.2, 0) is 4.79 Å². The fourth-order valence-electron chi connectivity index (χ4n) is 3.18. The summed E-state index contributed by atoms with van der Waals surface area (Å²) in [5.74, 6) is 1.83. The van der Waals surface area contributed by atoms with Crippen molar-refractivity contribution < 1.29 is 19.0 Å². The molecular formula is C21H24ClNO4. The Bertz CT molecular complexity index is 837. The summed E-state index contributed by atoms with van der Waals surface area (Å²) in [6, 6.07) is 12.4. The second-order valence-corrected chi connectivity index (χ2v) is 7.68. The molecule has 2 aromatic carbocycles. The Hall–Kier alpha value is -2.40. The Morgan fingerprint density at radius 2 is 2.04 bits per heavy atom. The summed E-state index contributed by atoms with van der Waals surface area (Å²) in [5, 5.41) is 3.65. The molecule has 0 aromatic heterocycles. The molecule has 0 saturated heterocycles. The van der Waals surface area contributed by atoms with Gasteiger partial charge in [-0.3, -0.25) is 4.79 Å². The van der Waals surface area contributed by atoms with Crippen LogP contribution in [0.2, 0.25) is 5.02 Å². The van der Waals surface area contributed by atoms with E-state index in [1.165, 1.54) is 0 Å². The summed E-state index contributed by atoms with van der Waals surface area (Å²) in [6.07, 6.45) is -0.0218. The molecule has 1 aliphatic rings. The molecule has 2 atom stereocenters. The van der Waals surface area contributed by atoms with Crippen LogP contribution in [0, 0.1) is 0 Å². The number of hydrogen-bond acceptors (Lipinski definition) is 4. The standard InChI is InChI=1S/C21H24ClNO4/c1-13(26-16-7-5-6-14(22)10-16)20(24)23-18-12-21(2,3)27-19-9-8-15(25-4)11-17(18)19/h5-11,13,18H,12H2,1-4H3,(H,23,24)/t13-,18+/m1/s1. The van der Waals surface area contributed by atoms with Crippen molar-refractivity contribution in [3.05, 3.63) is 53.1 Å². The molecule has 5 nitrogen and oxygen atoms in total. The van der Waals surface area contributed by atoms with E-state index >= 15 is 0 Å². The third kappa shape index (κ3) is 4.66. The number of methoxy groups -OCH3 is 1. The summed E-state index contributed by atoms with van der Waals surface area (Å²) >= 11 is 5.97. The van der Waals surface area contributed by atoms with Crippen molar-refractivity contribution >= 4 is 17.5 Å². The topological polar surface area (TPSA) is 56.8 Å². The van der Waals surface area contributed by atoms with Crippen LogP contribution in [0.5, 0.6) is 17.2 Å². The van der Waals surface area contributed by atoms with Gasteiger partial charge < -0.3 is 19.5 Å². The fourth-order valence-corrected chi connectivity index (χ4v) is 3.36. The van der Waals surface area contributed by atoms with Crippen molar-refractivity contribution in [2.75, 3.05) is 7.11 Å². The summed E-state index contributed by atoms with van der Waals surface area (Å²) in [5.41, 5.74) is 0.508. The Labute approximate surface area is 164 Å². The predicted molar refractivity (Wildman–Crippen MR) is 105 cm³/mol. The molecule has 144 valence electrons. The van der Waals surface area contributed by atoms with Crippen LogP contribution in [0.25, 0.3) is 0 Å². The lowest BCUT2D eigenvalue weighted by Gasteiger charge is -2.38. The van der Waals surface area contributed by atoms with Gasteiger partial charge in [0.25, 0.3) is 5.91 Å². The molecule has 1 heterocycles. The molecule has 3 rings (SSSR count). The van der Waals surface area contributed by atoms with Gasteiger partial charge in [0.05, 0.1) is 13.2 Å². The molecule has 0 bridgehead atoms. The molecule has 2 aromatic rings. The Morgan fingerprint density at radius 1 is 1.26 bits per heavy atom. The molecule has 0 radical (unpaired) electrons. The lowest BCUT2D eigenvalue weighted by atomic mass is 9.89. The van der Waals surface area contributed by atoms with Crippen LogP contribution in [0.1, 0.15) is 38.8 Å². The number of hydrogen-bond donors (Lipinski definition) is 1. The minimum Gasteiger partial charge on any atom is -0.497 e. The van der Waals surface area contributed by atoms with Gasteiger partial charge in [0.1, 0.15) is 22.8 Å². The summed E-state index contributed by atoms with van der Waals surface area (Å²) in [4.78, 5) is 12.7. The van der Waals surface area contributed by atoms with Crippen LogP contribution in [0.3, 0.4) is 0 Å². The summed E-state index contributed by atoms with van der Waals surface area (Å²) in [6.45, 7) is 5.73. The van der Waals surface area contributed by atoms with Gasteiger partial charge in [-0.25, -0.2) is 0 Å². The Kier molecular flexibility index (Phi) is 5.51. The lowest BCUT2D eigenvalue weighted by Crippen LogP contribution is -2.44. The van der Waals surface area contributed by atoms with E-state index in [1.54, 1.807) is 38.3 Å². The summed E-state index contributed by atoms with van der Waals surface area (Å²) in [7, 11) is 1.61. The van der Waals surface area contributed by atoms with E-state index in [1.807, 2.05) is 32.0 Å². The second kappa shape index (κ2) is 7.69. The third-order valence-electron chi connectivity index (χ3n) is 4.47. The first-order valence-corrected chi connectivity index (χ1v) is 9.25. The van der Waals surface area contributed by atoms with E-state index in [9.17, 15) is 4.79 Å². The van der Waals surface area contributed by atoms with Gasteiger partial charge in [0.2, 0.25) is 0 Å². The number of ether oxygens (including phenoxy) is 3. The molecule has 0 saturated carbocycles. The van der Waals surface area contributed by atoms with Crippen LogP contribution in [-0.4, -0.2) is 24.7 Å². The van der Waals surface area contributed by atoms with Gasteiger partial charge in [0.15, 0.2) is 6.10 Å². The number of nitrogens with one attached hydrogen (secondary N) is 1. The highest BCUT2D eigenvalue weighted by Gasteiger charge is 2.35. The number of rotatable bonds is 5. The van der Waals surface area contributed by atoms with Crippen LogP contribution in [0.4, 0.5) is 0 Å². The van der Waals surface area contributed by atoms with Crippen molar-refractivity contribution in [2.24, 2.45) is 0 Å². The smallest absolute Gasteiger partial charge is 0.261 e. The van der Waals surface area contributed by atoms with Crippen molar-refractivity contribution in [1.29, 1.82) is 0 Å². The second-order valence-electron chi connectivity index (χ2n) is 7.25. The average molecular weight is 390 g/mol. The molecule has 6 heteroatoms. The van der Waals surface area contributed by atoms with Gasteiger partial charge in [-0.1, -0.05) is 17.7 Å². The highest BCUT2D eigenvalue weighted by atomic mass is 35.5. The molecule has 1 amide bonds. The monoisotopic (exact) mass is 389 g/mol. The zero-order chi connectivity index (χ0) is 19.6. The number of halogens is 1. The van der Waals surface area contributed by atoms with Crippen molar-refractivity contribution in [1.82, 2.24) is 5.32 Å². The van der Waals surface area contributed by atoms with Crippen LogP contribution < -0.4 is 19.5 Å². The molecule has 1 aliphatic heterocycles. The number of carbonyl (C=O) groups is 1. The highest BCUT2D eigenvalue weighted by Crippen LogP contribution is 2.41. The van der Waals surface area contributed by atoms with Crippen molar-refractivity contribution in [3.8, 4) is 17.2 Å². The fraction of sp³-hybridized carbons (Fsp3) is 0.381. The molecule has 1 N–H and O–H groups in total. The molecular weight excluding hydrogens is 366 g/mol. The van der Waals surface area contributed by atoms with Gasteiger partial charge in [0, 0.05) is 17.0 Å². The van der Waals surface area contributed by atoms with Crippen LogP contribution >= 0.6 is 11.6 Å². The highest BCUT2D eigenvalue weighted by molar-refractivity contribution is 6.30. The minimum absolute atomic E-state index is 0.197. The molecule has 0 spiro atoms.